The zero-order valence-electron chi connectivity index (χ0n) is 11.3. The largest absolute Gasteiger partial charge is 0.390 e. The van der Waals surface area contributed by atoms with Gasteiger partial charge in [0, 0.05) is 26.0 Å². The fourth-order valence-corrected chi connectivity index (χ4v) is 2.91. The first-order chi connectivity index (χ1) is 9.44. The Morgan fingerprint density at radius 3 is 2.60 bits per heavy atom. The third kappa shape index (κ3) is 2.94. The minimum absolute atomic E-state index is 0.0927. The number of H-pyrrole nitrogens is 1. The fourth-order valence-electron chi connectivity index (χ4n) is 1.82. The first-order valence-corrected chi connectivity index (χ1v) is 7.49. The van der Waals surface area contributed by atoms with E-state index in [2.05, 4.69) is 9.71 Å². The first kappa shape index (κ1) is 14.4. The monoisotopic (exact) mass is 295 g/mol. The van der Waals surface area contributed by atoms with Gasteiger partial charge in [0.15, 0.2) is 0 Å². The van der Waals surface area contributed by atoms with E-state index in [9.17, 15) is 8.42 Å². The molecule has 0 aliphatic carbocycles. The summed E-state index contributed by atoms with van der Waals surface area (Å²) in [4.78, 5) is 4.63. The van der Waals surface area contributed by atoms with Gasteiger partial charge in [-0.2, -0.15) is 0 Å². The van der Waals surface area contributed by atoms with Gasteiger partial charge in [-0.3, -0.25) is 4.72 Å². The van der Waals surface area contributed by atoms with Crippen LogP contribution in [0.25, 0.3) is 0 Å². The van der Waals surface area contributed by atoms with E-state index in [1.807, 2.05) is 31.1 Å². The fraction of sp³-hybridized carbons (Fsp3) is 0.231. The maximum absolute atomic E-state index is 12.3. The molecular formula is C13H17N3O3S. The van der Waals surface area contributed by atoms with Crippen LogP contribution < -0.4 is 9.62 Å². The molecule has 108 valence electrons. The van der Waals surface area contributed by atoms with E-state index in [-0.39, 0.29) is 11.5 Å². The second kappa shape index (κ2) is 5.56. The van der Waals surface area contributed by atoms with Gasteiger partial charge in [-0.05, 0) is 18.2 Å². The molecule has 0 amide bonds. The molecule has 0 fully saturated rings. The second-order valence-corrected chi connectivity index (χ2v) is 6.22. The van der Waals surface area contributed by atoms with E-state index in [1.54, 1.807) is 12.1 Å². The van der Waals surface area contributed by atoms with Crippen molar-refractivity contribution in [1.82, 2.24) is 4.98 Å². The summed E-state index contributed by atoms with van der Waals surface area (Å²) in [5.41, 5.74) is 1.73. The van der Waals surface area contributed by atoms with Gasteiger partial charge >= 0.3 is 0 Å². The molecule has 1 heterocycles. The number of hydrogen-bond donors (Lipinski definition) is 3. The molecule has 1 aromatic carbocycles. The third-order valence-electron chi connectivity index (χ3n) is 2.83. The predicted molar refractivity (Wildman–Crippen MR) is 78.3 cm³/mol. The van der Waals surface area contributed by atoms with Crippen LogP contribution in [0.5, 0.6) is 0 Å². The minimum atomic E-state index is -3.68. The van der Waals surface area contributed by atoms with Crippen LogP contribution in [0.2, 0.25) is 0 Å². The van der Waals surface area contributed by atoms with Crippen molar-refractivity contribution in [2.75, 3.05) is 23.7 Å². The summed E-state index contributed by atoms with van der Waals surface area (Å²) in [6, 6.07) is 8.54. The molecule has 0 atom stereocenters. The van der Waals surface area contributed by atoms with Crippen molar-refractivity contribution in [3.05, 3.63) is 42.2 Å². The third-order valence-corrected chi connectivity index (χ3v) is 4.17. The zero-order valence-corrected chi connectivity index (χ0v) is 12.1. The molecule has 0 bridgehead atoms. The number of aliphatic hydroxyl groups is 1. The Kier molecular flexibility index (Phi) is 4.01. The summed E-state index contributed by atoms with van der Waals surface area (Å²) in [6.07, 6.45) is 1.35. The molecule has 0 unspecified atom stereocenters. The molecule has 2 rings (SSSR count). The number of nitrogens with one attached hydrogen (secondary N) is 2. The van der Waals surface area contributed by atoms with E-state index >= 15 is 0 Å². The molecular weight excluding hydrogens is 278 g/mol. The Morgan fingerprint density at radius 2 is 2.00 bits per heavy atom. The van der Waals surface area contributed by atoms with Crippen LogP contribution >= 0.6 is 0 Å². The number of anilines is 2. The number of rotatable bonds is 5. The number of hydrogen-bond acceptors (Lipinski definition) is 4. The highest BCUT2D eigenvalue weighted by molar-refractivity contribution is 7.92. The number of nitrogens with zero attached hydrogens (tertiary/aromatic N) is 1. The van der Waals surface area contributed by atoms with Gasteiger partial charge in [-0.1, -0.05) is 12.1 Å². The molecule has 2 aromatic rings. The summed E-state index contributed by atoms with van der Waals surface area (Å²) >= 11 is 0. The second-order valence-electron chi connectivity index (χ2n) is 4.54. The Balaban J connectivity index is 2.33. The van der Waals surface area contributed by atoms with Gasteiger partial charge in [0.25, 0.3) is 10.0 Å². The summed E-state index contributed by atoms with van der Waals surface area (Å²) in [5, 5.41) is 8.97. The van der Waals surface area contributed by atoms with Gasteiger partial charge in [0.05, 0.1) is 18.0 Å². The Bertz CT molecular complexity index is 692. The van der Waals surface area contributed by atoms with Gasteiger partial charge in [0.1, 0.15) is 4.90 Å². The molecule has 0 saturated heterocycles. The Hall–Kier alpha value is -1.99. The van der Waals surface area contributed by atoms with E-state index in [0.717, 1.165) is 5.69 Å². The molecule has 20 heavy (non-hydrogen) atoms. The summed E-state index contributed by atoms with van der Waals surface area (Å²) in [7, 11) is 0.00350. The Morgan fingerprint density at radius 1 is 1.30 bits per heavy atom. The SMILES string of the molecule is CN(C)c1ccccc1NS(=O)(=O)c1c[nH]c(CO)c1. The number of benzene rings is 1. The number of aromatic amines is 1. The summed E-state index contributed by atoms with van der Waals surface area (Å²) < 4.78 is 27.1. The molecule has 6 nitrogen and oxygen atoms in total. The zero-order chi connectivity index (χ0) is 14.8. The van der Waals surface area contributed by atoms with Crippen LogP contribution in [-0.4, -0.2) is 32.6 Å². The quantitative estimate of drug-likeness (QED) is 0.778. The molecule has 0 radical (unpaired) electrons. The van der Waals surface area contributed by atoms with Crippen LogP contribution in [0, 0.1) is 0 Å². The van der Waals surface area contributed by atoms with Crippen LogP contribution in [-0.2, 0) is 16.6 Å². The lowest BCUT2D eigenvalue weighted by molar-refractivity contribution is 0.277. The molecule has 1 aromatic heterocycles. The number of para-hydroxylation sites is 2. The van der Waals surface area contributed by atoms with Crippen LogP contribution in [0.15, 0.2) is 41.4 Å². The van der Waals surface area contributed by atoms with Gasteiger partial charge in [-0.15, -0.1) is 0 Å². The summed E-state index contributed by atoms with van der Waals surface area (Å²) in [6.45, 7) is -0.232. The lowest BCUT2D eigenvalue weighted by Gasteiger charge is -2.18. The molecule has 3 N–H and O–H groups in total. The maximum atomic E-state index is 12.3. The molecule has 7 heteroatoms. The number of sulfonamides is 1. The molecule has 0 saturated carbocycles. The predicted octanol–water partition coefficient (Wildman–Crippen LogP) is 1.37. The Labute approximate surface area is 118 Å². The van der Waals surface area contributed by atoms with Crippen molar-refractivity contribution >= 4 is 21.4 Å². The normalized spacial score (nSPS) is 11.3. The molecule has 0 spiro atoms. The first-order valence-electron chi connectivity index (χ1n) is 6.01. The van der Waals surface area contributed by atoms with Gasteiger partial charge in [-0.25, -0.2) is 8.42 Å². The smallest absolute Gasteiger partial charge is 0.263 e. The highest BCUT2D eigenvalue weighted by atomic mass is 32.2. The van der Waals surface area contributed by atoms with Gasteiger partial charge < -0.3 is 15.0 Å². The average molecular weight is 295 g/mol. The van der Waals surface area contributed by atoms with Crippen molar-refractivity contribution < 1.29 is 13.5 Å². The topological polar surface area (TPSA) is 85.4 Å². The van der Waals surface area contributed by atoms with Crippen molar-refractivity contribution in [3.8, 4) is 0 Å². The highest BCUT2D eigenvalue weighted by Crippen LogP contribution is 2.26. The van der Waals surface area contributed by atoms with E-state index in [1.165, 1.54) is 12.3 Å². The van der Waals surface area contributed by atoms with Crippen LogP contribution in [0.3, 0.4) is 0 Å². The number of aromatic nitrogens is 1. The van der Waals surface area contributed by atoms with Gasteiger partial charge in [0.2, 0.25) is 0 Å². The van der Waals surface area contributed by atoms with Crippen molar-refractivity contribution in [1.29, 1.82) is 0 Å². The van der Waals surface area contributed by atoms with Crippen molar-refractivity contribution in [2.45, 2.75) is 11.5 Å². The number of aliphatic hydroxyl groups excluding tert-OH is 1. The molecule has 0 aliphatic heterocycles. The minimum Gasteiger partial charge on any atom is -0.390 e. The van der Waals surface area contributed by atoms with E-state index in [4.69, 9.17) is 5.11 Å². The van der Waals surface area contributed by atoms with E-state index < -0.39 is 10.0 Å². The van der Waals surface area contributed by atoms with Crippen LogP contribution in [0.4, 0.5) is 11.4 Å². The van der Waals surface area contributed by atoms with Crippen molar-refractivity contribution in [2.24, 2.45) is 0 Å². The highest BCUT2D eigenvalue weighted by Gasteiger charge is 2.18. The van der Waals surface area contributed by atoms with Crippen molar-refractivity contribution in [3.63, 3.8) is 0 Å². The average Bonchev–Trinajstić information content (AvgIpc) is 2.88. The maximum Gasteiger partial charge on any atom is 0.263 e. The summed E-state index contributed by atoms with van der Waals surface area (Å²) in [5.74, 6) is 0. The molecule has 0 aliphatic rings. The lowest BCUT2D eigenvalue weighted by Crippen LogP contribution is -2.16. The lowest BCUT2D eigenvalue weighted by atomic mass is 10.2. The van der Waals surface area contributed by atoms with E-state index in [0.29, 0.717) is 11.4 Å². The van der Waals surface area contributed by atoms with Crippen LogP contribution in [0.1, 0.15) is 5.69 Å². The standard InChI is InChI=1S/C13H17N3O3S/c1-16(2)13-6-4-3-5-12(13)15-20(18,19)11-7-10(9-17)14-8-11/h3-8,14-15,17H,9H2,1-2H3.